The van der Waals surface area contributed by atoms with Crippen LogP contribution in [0.4, 0.5) is 17.1 Å². The summed E-state index contributed by atoms with van der Waals surface area (Å²) >= 11 is 0. The van der Waals surface area contributed by atoms with E-state index < -0.39 is 0 Å². The van der Waals surface area contributed by atoms with E-state index in [9.17, 15) is 0 Å². The number of hydrogen-bond donors (Lipinski definition) is 2. The molecular weight excluding hydrogens is 210 g/mol. The average molecular weight is 225 g/mol. The number of anilines is 3. The Hall–Kier alpha value is -2.16. The van der Waals surface area contributed by atoms with E-state index in [2.05, 4.69) is 34.5 Å². The lowest BCUT2D eigenvalue weighted by Crippen LogP contribution is -2.21. The molecule has 3 N–H and O–H groups in total. The third-order valence-electron chi connectivity index (χ3n) is 3.04. The summed E-state index contributed by atoms with van der Waals surface area (Å²) in [6.07, 6.45) is 0. The molecule has 1 aliphatic heterocycles. The summed E-state index contributed by atoms with van der Waals surface area (Å²) in [6, 6.07) is 16.5. The highest BCUT2D eigenvalue weighted by molar-refractivity contribution is 5.78. The third-order valence-corrected chi connectivity index (χ3v) is 3.04. The number of nitrogens with zero attached hydrogens (tertiary/aromatic N) is 1. The molecule has 2 aromatic rings. The molecule has 17 heavy (non-hydrogen) atoms. The van der Waals surface area contributed by atoms with Crippen LogP contribution < -0.4 is 16.0 Å². The maximum absolute atomic E-state index is 5.83. The quantitative estimate of drug-likeness (QED) is 0.772. The van der Waals surface area contributed by atoms with Crippen LogP contribution in [0.5, 0.6) is 0 Å². The van der Waals surface area contributed by atoms with E-state index in [1.165, 1.54) is 11.3 Å². The Kier molecular flexibility index (Phi) is 2.37. The van der Waals surface area contributed by atoms with Crippen molar-refractivity contribution in [1.82, 2.24) is 0 Å². The molecule has 0 saturated heterocycles. The van der Waals surface area contributed by atoms with E-state index in [1.807, 2.05) is 24.3 Å². The highest BCUT2D eigenvalue weighted by Crippen LogP contribution is 2.33. The standard InChI is InChI=1S/C14H15N3/c15-12-6-7-13-14(8-12)17(10-16-13)9-11-4-2-1-3-5-11/h1-8,16H,9-10,15H2. The van der Waals surface area contributed by atoms with Gasteiger partial charge in [0.05, 0.1) is 18.0 Å². The molecule has 0 unspecified atom stereocenters. The molecule has 0 atom stereocenters. The number of nitrogens with one attached hydrogen (secondary N) is 1. The number of hydrogen-bond acceptors (Lipinski definition) is 3. The van der Waals surface area contributed by atoms with Crippen LogP contribution >= 0.6 is 0 Å². The zero-order chi connectivity index (χ0) is 11.7. The summed E-state index contributed by atoms with van der Waals surface area (Å²) in [5, 5.41) is 3.37. The monoisotopic (exact) mass is 225 g/mol. The van der Waals surface area contributed by atoms with Gasteiger partial charge in [-0.25, -0.2) is 0 Å². The van der Waals surface area contributed by atoms with Crippen molar-refractivity contribution >= 4 is 17.1 Å². The van der Waals surface area contributed by atoms with Crippen molar-refractivity contribution in [3.8, 4) is 0 Å². The second-order valence-electron chi connectivity index (χ2n) is 4.30. The van der Waals surface area contributed by atoms with Crippen LogP contribution in [0.2, 0.25) is 0 Å². The Bertz CT molecular complexity index is 522. The van der Waals surface area contributed by atoms with Crippen molar-refractivity contribution in [3.63, 3.8) is 0 Å². The first-order chi connectivity index (χ1) is 8.33. The number of fused-ring (bicyclic) bond motifs is 1. The Morgan fingerprint density at radius 3 is 2.76 bits per heavy atom. The van der Waals surface area contributed by atoms with Crippen molar-refractivity contribution in [3.05, 3.63) is 54.1 Å². The van der Waals surface area contributed by atoms with E-state index in [0.717, 1.165) is 24.6 Å². The molecule has 86 valence electrons. The van der Waals surface area contributed by atoms with E-state index in [4.69, 9.17) is 5.73 Å². The fourth-order valence-corrected chi connectivity index (χ4v) is 2.17. The summed E-state index contributed by atoms with van der Waals surface area (Å²) in [4.78, 5) is 2.29. The van der Waals surface area contributed by atoms with E-state index in [0.29, 0.717) is 0 Å². The molecule has 0 fully saturated rings. The Morgan fingerprint density at radius 1 is 1.12 bits per heavy atom. The average Bonchev–Trinajstić information content (AvgIpc) is 2.73. The second kappa shape index (κ2) is 4.01. The van der Waals surface area contributed by atoms with Crippen LogP contribution in [0, 0.1) is 0 Å². The molecule has 0 bridgehead atoms. The third kappa shape index (κ3) is 1.91. The van der Waals surface area contributed by atoms with Gasteiger partial charge in [-0.2, -0.15) is 0 Å². The van der Waals surface area contributed by atoms with Crippen LogP contribution in [-0.2, 0) is 6.54 Å². The van der Waals surface area contributed by atoms with Crippen molar-refractivity contribution in [2.75, 3.05) is 22.6 Å². The SMILES string of the molecule is Nc1ccc2c(c1)N(Cc1ccccc1)CN2. The zero-order valence-corrected chi connectivity index (χ0v) is 9.56. The first-order valence-electron chi connectivity index (χ1n) is 5.75. The zero-order valence-electron chi connectivity index (χ0n) is 9.56. The Morgan fingerprint density at radius 2 is 1.94 bits per heavy atom. The Balaban J connectivity index is 1.86. The second-order valence-corrected chi connectivity index (χ2v) is 4.30. The molecule has 1 heterocycles. The summed E-state index contributed by atoms with van der Waals surface area (Å²) in [7, 11) is 0. The molecular formula is C14H15N3. The van der Waals surface area contributed by atoms with Crippen LogP contribution in [0.15, 0.2) is 48.5 Å². The first kappa shape index (κ1) is 10.0. The predicted molar refractivity (Wildman–Crippen MR) is 72.0 cm³/mol. The van der Waals surface area contributed by atoms with E-state index in [-0.39, 0.29) is 0 Å². The maximum atomic E-state index is 5.83. The smallest absolute Gasteiger partial charge is 0.0881 e. The van der Waals surface area contributed by atoms with Crippen LogP contribution in [0.3, 0.4) is 0 Å². The van der Waals surface area contributed by atoms with Gasteiger partial charge in [0.25, 0.3) is 0 Å². The largest absolute Gasteiger partial charge is 0.399 e. The number of nitrogens with two attached hydrogens (primary N) is 1. The van der Waals surface area contributed by atoms with Gasteiger partial charge in [0, 0.05) is 12.2 Å². The molecule has 3 rings (SSSR count). The molecule has 2 aromatic carbocycles. The minimum atomic E-state index is 0.811. The molecule has 0 radical (unpaired) electrons. The normalized spacial score (nSPS) is 13.3. The minimum Gasteiger partial charge on any atom is -0.399 e. The molecule has 0 aliphatic carbocycles. The fraction of sp³-hybridized carbons (Fsp3) is 0.143. The predicted octanol–water partition coefficient (Wildman–Crippen LogP) is 2.66. The molecule has 0 saturated carbocycles. The topological polar surface area (TPSA) is 41.3 Å². The van der Waals surface area contributed by atoms with Crippen molar-refractivity contribution in [2.24, 2.45) is 0 Å². The molecule has 0 aromatic heterocycles. The first-order valence-corrected chi connectivity index (χ1v) is 5.75. The van der Waals surface area contributed by atoms with Gasteiger partial charge in [-0.1, -0.05) is 30.3 Å². The van der Waals surface area contributed by atoms with Gasteiger partial charge >= 0.3 is 0 Å². The van der Waals surface area contributed by atoms with Crippen LogP contribution in [0.1, 0.15) is 5.56 Å². The maximum Gasteiger partial charge on any atom is 0.0881 e. The van der Waals surface area contributed by atoms with Gasteiger partial charge in [0.1, 0.15) is 0 Å². The van der Waals surface area contributed by atoms with Crippen LogP contribution in [0.25, 0.3) is 0 Å². The minimum absolute atomic E-state index is 0.811. The molecule has 3 heteroatoms. The Labute approximate surface area is 101 Å². The summed E-state index contributed by atoms with van der Waals surface area (Å²) in [5.41, 5.74) is 10.3. The highest BCUT2D eigenvalue weighted by atomic mass is 15.3. The highest BCUT2D eigenvalue weighted by Gasteiger charge is 2.18. The summed E-state index contributed by atoms with van der Waals surface area (Å²) in [5.74, 6) is 0. The summed E-state index contributed by atoms with van der Waals surface area (Å²) < 4.78 is 0. The van der Waals surface area contributed by atoms with E-state index >= 15 is 0 Å². The van der Waals surface area contributed by atoms with Gasteiger partial charge < -0.3 is 16.0 Å². The van der Waals surface area contributed by atoms with E-state index in [1.54, 1.807) is 0 Å². The van der Waals surface area contributed by atoms with Crippen LogP contribution in [-0.4, -0.2) is 6.67 Å². The van der Waals surface area contributed by atoms with Crippen molar-refractivity contribution < 1.29 is 0 Å². The number of nitrogen functional groups attached to an aromatic ring is 1. The number of benzene rings is 2. The van der Waals surface area contributed by atoms with Crippen molar-refractivity contribution in [2.45, 2.75) is 6.54 Å². The molecule has 3 nitrogen and oxygen atoms in total. The lowest BCUT2D eigenvalue weighted by atomic mass is 10.2. The molecule has 1 aliphatic rings. The van der Waals surface area contributed by atoms with Gasteiger partial charge in [0.2, 0.25) is 0 Å². The van der Waals surface area contributed by atoms with Crippen molar-refractivity contribution in [1.29, 1.82) is 0 Å². The molecule has 0 spiro atoms. The molecule has 0 amide bonds. The van der Waals surface area contributed by atoms with Gasteiger partial charge in [0.15, 0.2) is 0 Å². The fourth-order valence-electron chi connectivity index (χ4n) is 2.17. The van der Waals surface area contributed by atoms with Gasteiger partial charge in [-0.3, -0.25) is 0 Å². The number of rotatable bonds is 2. The summed E-state index contributed by atoms with van der Waals surface area (Å²) in [6.45, 7) is 1.75. The lowest BCUT2D eigenvalue weighted by molar-refractivity contribution is 0.872. The lowest BCUT2D eigenvalue weighted by Gasteiger charge is -2.18. The van der Waals surface area contributed by atoms with Gasteiger partial charge in [-0.15, -0.1) is 0 Å². The van der Waals surface area contributed by atoms with Gasteiger partial charge in [-0.05, 0) is 23.8 Å².